The van der Waals surface area contributed by atoms with Crippen molar-refractivity contribution in [3.05, 3.63) is 23.8 Å². The molecule has 3 rings (SSSR count). The molecular formula is C21H30N4O5. The van der Waals surface area contributed by atoms with Crippen molar-refractivity contribution < 1.29 is 23.9 Å². The first-order valence-electron chi connectivity index (χ1n) is 10.2. The molecule has 2 aliphatic heterocycles. The molecular weight excluding hydrogens is 388 g/mol. The molecule has 0 saturated carbocycles. The molecule has 2 saturated heterocycles. The van der Waals surface area contributed by atoms with E-state index in [1.165, 1.54) is 12.0 Å². The predicted octanol–water partition coefficient (Wildman–Crippen LogP) is 1.64. The van der Waals surface area contributed by atoms with Gasteiger partial charge in [-0.2, -0.15) is 0 Å². The number of likely N-dealkylation sites (tertiary alicyclic amines) is 1. The third kappa shape index (κ3) is 5.02. The van der Waals surface area contributed by atoms with Crippen molar-refractivity contribution in [3.63, 3.8) is 0 Å². The van der Waals surface area contributed by atoms with Gasteiger partial charge in [0.05, 0.1) is 37.5 Å². The minimum Gasteiger partial charge on any atom is -0.465 e. The summed E-state index contributed by atoms with van der Waals surface area (Å²) in [7, 11) is 4.72. The molecule has 9 nitrogen and oxygen atoms in total. The summed E-state index contributed by atoms with van der Waals surface area (Å²) in [4.78, 5) is 42.9. The molecule has 2 heterocycles. The molecule has 1 N–H and O–H groups in total. The van der Waals surface area contributed by atoms with E-state index in [0.29, 0.717) is 44.0 Å². The summed E-state index contributed by atoms with van der Waals surface area (Å²) in [5, 5.41) is 2.88. The highest BCUT2D eigenvalue weighted by Crippen LogP contribution is 2.26. The fourth-order valence-electron chi connectivity index (χ4n) is 3.82. The fraction of sp³-hybridized carbons (Fsp3) is 0.571. The predicted molar refractivity (Wildman–Crippen MR) is 113 cm³/mol. The number of amides is 3. The number of nitrogens with zero attached hydrogens (tertiary/aromatic N) is 3. The highest BCUT2D eigenvalue weighted by atomic mass is 16.5. The summed E-state index contributed by atoms with van der Waals surface area (Å²) in [6.07, 6.45) is 1.46. The van der Waals surface area contributed by atoms with Crippen LogP contribution in [-0.4, -0.2) is 88.3 Å². The first-order valence-corrected chi connectivity index (χ1v) is 10.2. The number of carbonyl (C=O) groups is 3. The smallest absolute Gasteiger partial charge is 0.340 e. The Morgan fingerprint density at radius 1 is 1.17 bits per heavy atom. The van der Waals surface area contributed by atoms with Crippen LogP contribution in [0.3, 0.4) is 0 Å². The zero-order valence-corrected chi connectivity index (χ0v) is 17.8. The van der Waals surface area contributed by atoms with E-state index >= 15 is 0 Å². The van der Waals surface area contributed by atoms with Crippen LogP contribution in [0.15, 0.2) is 18.2 Å². The number of methoxy groups -OCH3 is 1. The molecule has 3 amide bonds. The minimum atomic E-state index is -0.506. The number of piperidine rings is 1. The number of hydrogen-bond acceptors (Lipinski definition) is 6. The van der Waals surface area contributed by atoms with Gasteiger partial charge in [-0.15, -0.1) is 0 Å². The summed E-state index contributed by atoms with van der Waals surface area (Å²) in [5.41, 5.74) is 1.61. The van der Waals surface area contributed by atoms with Gasteiger partial charge in [0.25, 0.3) is 0 Å². The van der Waals surface area contributed by atoms with Gasteiger partial charge in [0, 0.05) is 46.0 Å². The lowest BCUT2D eigenvalue weighted by atomic mass is 9.97. The number of ether oxygens (including phenoxy) is 2. The average molecular weight is 418 g/mol. The van der Waals surface area contributed by atoms with E-state index < -0.39 is 5.97 Å². The lowest BCUT2D eigenvalue weighted by molar-refractivity contribution is -0.121. The van der Waals surface area contributed by atoms with Crippen LogP contribution in [0.25, 0.3) is 0 Å². The maximum atomic E-state index is 12.9. The van der Waals surface area contributed by atoms with Gasteiger partial charge in [0.15, 0.2) is 0 Å². The zero-order chi connectivity index (χ0) is 21.7. The van der Waals surface area contributed by atoms with Gasteiger partial charge in [-0.1, -0.05) is 0 Å². The Bertz CT molecular complexity index is 792. The van der Waals surface area contributed by atoms with Crippen molar-refractivity contribution in [1.29, 1.82) is 0 Å². The molecule has 0 bridgehead atoms. The third-order valence-corrected chi connectivity index (χ3v) is 5.49. The topological polar surface area (TPSA) is 91.4 Å². The van der Waals surface area contributed by atoms with Crippen LogP contribution in [-0.2, 0) is 14.3 Å². The van der Waals surface area contributed by atoms with Crippen molar-refractivity contribution in [2.24, 2.45) is 5.92 Å². The van der Waals surface area contributed by atoms with Gasteiger partial charge in [-0.3, -0.25) is 4.79 Å². The summed E-state index contributed by atoms with van der Waals surface area (Å²) in [5.74, 6) is -1.03. The second kappa shape index (κ2) is 9.80. The molecule has 1 aromatic carbocycles. The first-order chi connectivity index (χ1) is 14.4. The van der Waals surface area contributed by atoms with Gasteiger partial charge in [-0.05, 0) is 31.0 Å². The lowest BCUT2D eigenvalue weighted by Gasteiger charge is -2.33. The quantitative estimate of drug-likeness (QED) is 0.748. The van der Waals surface area contributed by atoms with Gasteiger partial charge < -0.3 is 29.5 Å². The molecule has 0 spiro atoms. The zero-order valence-electron chi connectivity index (χ0n) is 17.8. The number of hydrogen-bond donors (Lipinski definition) is 1. The molecule has 9 heteroatoms. The van der Waals surface area contributed by atoms with Crippen LogP contribution in [0.1, 0.15) is 23.2 Å². The monoisotopic (exact) mass is 418 g/mol. The highest BCUT2D eigenvalue weighted by molar-refractivity contribution is 6.02. The van der Waals surface area contributed by atoms with Gasteiger partial charge in [0.2, 0.25) is 5.91 Å². The summed E-state index contributed by atoms with van der Waals surface area (Å²) in [6.45, 7) is 3.75. The molecule has 2 aliphatic rings. The first kappa shape index (κ1) is 21.9. The summed E-state index contributed by atoms with van der Waals surface area (Å²) in [6, 6.07) is 5.27. The molecule has 0 unspecified atom stereocenters. The third-order valence-electron chi connectivity index (χ3n) is 5.49. The van der Waals surface area contributed by atoms with E-state index in [2.05, 4.69) is 10.2 Å². The summed E-state index contributed by atoms with van der Waals surface area (Å²) >= 11 is 0. The molecule has 1 atom stereocenters. The van der Waals surface area contributed by atoms with E-state index in [1.807, 2.05) is 6.07 Å². The van der Waals surface area contributed by atoms with Crippen molar-refractivity contribution in [2.45, 2.75) is 12.8 Å². The fourth-order valence-corrected chi connectivity index (χ4v) is 3.82. The van der Waals surface area contributed by atoms with Crippen LogP contribution in [0.5, 0.6) is 0 Å². The summed E-state index contributed by atoms with van der Waals surface area (Å²) < 4.78 is 10.3. The number of carbonyl (C=O) groups excluding carboxylic acids is 3. The van der Waals surface area contributed by atoms with E-state index in [-0.39, 0.29) is 17.9 Å². The number of anilines is 2. The van der Waals surface area contributed by atoms with Crippen molar-refractivity contribution >= 4 is 29.3 Å². The Morgan fingerprint density at radius 3 is 2.57 bits per heavy atom. The van der Waals surface area contributed by atoms with Crippen LogP contribution in [0.2, 0.25) is 0 Å². The maximum Gasteiger partial charge on any atom is 0.340 e. The highest BCUT2D eigenvalue weighted by Gasteiger charge is 2.30. The molecule has 164 valence electrons. The molecule has 0 aromatic heterocycles. The number of morpholine rings is 1. The van der Waals surface area contributed by atoms with E-state index in [0.717, 1.165) is 25.2 Å². The molecule has 0 radical (unpaired) electrons. The van der Waals surface area contributed by atoms with Crippen molar-refractivity contribution in [2.75, 3.05) is 70.8 Å². The van der Waals surface area contributed by atoms with Crippen molar-refractivity contribution in [3.8, 4) is 0 Å². The normalized spacial score (nSPS) is 19.2. The number of urea groups is 1. The van der Waals surface area contributed by atoms with Crippen molar-refractivity contribution in [1.82, 2.24) is 9.80 Å². The SMILES string of the molecule is COC(=O)c1cc(N2CCOCC2)ccc1NC(=O)[C@H]1CCCN(C(=O)N(C)C)C1. The van der Waals surface area contributed by atoms with Gasteiger partial charge >= 0.3 is 12.0 Å². The number of esters is 1. The van der Waals surface area contributed by atoms with Crippen LogP contribution in [0.4, 0.5) is 16.2 Å². The number of rotatable bonds is 4. The Hall–Kier alpha value is -2.81. The molecule has 1 aromatic rings. The van der Waals surface area contributed by atoms with E-state index in [4.69, 9.17) is 9.47 Å². The van der Waals surface area contributed by atoms with E-state index in [9.17, 15) is 14.4 Å². The largest absolute Gasteiger partial charge is 0.465 e. The lowest BCUT2D eigenvalue weighted by Crippen LogP contribution is -2.47. The Kier molecular flexibility index (Phi) is 7.15. The maximum absolute atomic E-state index is 12.9. The van der Waals surface area contributed by atoms with Crippen LogP contribution < -0.4 is 10.2 Å². The molecule has 30 heavy (non-hydrogen) atoms. The Labute approximate surface area is 176 Å². The number of nitrogens with one attached hydrogen (secondary N) is 1. The average Bonchev–Trinajstić information content (AvgIpc) is 2.78. The van der Waals surface area contributed by atoms with Crippen LogP contribution in [0, 0.1) is 5.92 Å². The Balaban J connectivity index is 1.75. The standard InChI is InChI=1S/C21H30N4O5/c1-23(2)21(28)25-8-4-5-15(14-25)19(26)22-18-7-6-16(13-17(18)20(27)29-3)24-9-11-30-12-10-24/h6-7,13,15H,4-5,8-12,14H2,1-3H3,(H,22,26)/t15-/m0/s1. The second-order valence-corrected chi connectivity index (χ2v) is 7.77. The van der Waals surface area contributed by atoms with Gasteiger partial charge in [-0.25, -0.2) is 9.59 Å². The van der Waals surface area contributed by atoms with Gasteiger partial charge in [0.1, 0.15) is 0 Å². The van der Waals surface area contributed by atoms with E-state index in [1.54, 1.807) is 31.1 Å². The Morgan fingerprint density at radius 2 is 1.90 bits per heavy atom. The van der Waals surface area contributed by atoms with Crippen LogP contribution >= 0.6 is 0 Å². The molecule has 2 fully saturated rings. The molecule has 0 aliphatic carbocycles. The second-order valence-electron chi connectivity index (χ2n) is 7.77. The number of benzene rings is 1. The minimum absolute atomic E-state index is 0.0994.